The largest absolute Gasteiger partial charge is 0.348 e. The van der Waals surface area contributed by atoms with Gasteiger partial charge in [-0.25, -0.2) is 4.98 Å². The molecule has 0 unspecified atom stereocenters. The highest BCUT2D eigenvalue weighted by Crippen LogP contribution is 2.14. The number of carbonyl (C=O) groups is 1. The minimum absolute atomic E-state index is 0.278. The molecule has 0 aliphatic heterocycles. The van der Waals surface area contributed by atoms with Crippen molar-refractivity contribution < 1.29 is 4.79 Å². The Morgan fingerprint density at radius 3 is 2.54 bits per heavy atom. The molecule has 0 aliphatic rings. The summed E-state index contributed by atoms with van der Waals surface area (Å²) in [6.45, 7) is 2.24. The van der Waals surface area contributed by atoms with E-state index in [1.165, 1.54) is 6.07 Å². The molecule has 4 rings (SSSR count). The zero-order valence-corrected chi connectivity index (χ0v) is 13.8. The lowest BCUT2D eigenvalue weighted by molar-refractivity contribution is 0.0951. The fraction of sp³-hybridized carbons (Fsp3) is 0.111. The van der Waals surface area contributed by atoms with Gasteiger partial charge in [0.2, 0.25) is 0 Å². The van der Waals surface area contributed by atoms with Crippen LogP contribution in [0.3, 0.4) is 0 Å². The number of carbonyl (C=O) groups excluding carboxylic acids is 1. The minimum Gasteiger partial charge on any atom is -0.348 e. The third-order valence-corrected chi connectivity index (χ3v) is 4.10. The van der Waals surface area contributed by atoms with E-state index in [2.05, 4.69) is 25.3 Å². The summed E-state index contributed by atoms with van der Waals surface area (Å²) in [5, 5.41) is 2.84. The molecule has 0 atom stereocenters. The summed E-state index contributed by atoms with van der Waals surface area (Å²) in [5.74, 6) is 0.559. The van der Waals surface area contributed by atoms with Gasteiger partial charge >= 0.3 is 11.1 Å². The highest BCUT2D eigenvalue weighted by atomic mass is 16.2. The van der Waals surface area contributed by atoms with Crippen molar-refractivity contribution in [3.63, 3.8) is 0 Å². The lowest BCUT2D eigenvalue weighted by Gasteiger charge is -2.06. The van der Waals surface area contributed by atoms with E-state index in [1.54, 1.807) is 12.1 Å². The molecule has 0 aliphatic carbocycles. The first-order chi connectivity index (χ1) is 12.5. The molecule has 4 aromatic rings. The van der Waals surface area contributed by atoms with Gasteiger partial charge in [0.1, 0.15) is 5.82 Å². The van der Waals surface area contributed by atoms with Crippen molar-refractivity contribution in [3.8, 4) is 0 Å². The molecule has 0 spiro atoms. The maximum absolute atomic E-state index is 12.4. The SMILES string of the molecule is Cc1nc2ccc(CNC(=O)c3ccc4[nH]c(=O)c(=O)[nH]c4c3)cc2[nH]1. The Labute approximate surface area is 146 Å². The highest BCUT2D eigenvalue weighted by molar-refractivity contribution is 5.97. The van der Waals surface area contributed by atoms with Crippen LogP contribution in [0.1, 0.15) is 21.7 Å². The fourth-order valence-corrected chi connectivity index (χ4v) is 2.83. The zero-order chi connectivity index (χ0) is 18.3. The van der Waals surface area contributed by atoms with Gasteiger partial charge in [-0.1, -0.05) is 6.07 Å². The molecule has 0 saturated heterocycles. The summed E-state index contributed by atoms with van der Waals surface area (Å²) >= 11 is 0. The van der Waals surface area contributed by atoms with Crippen LogP contribution in [0.4, 0.5) is 0 Å². The van der Waals surface area contributed by atoms with Crippen molar-refractivity contribution in [2.75, 3.05) is 0 Å². The van der Waals surface area contributed by atoms with E-state index in [0.29, 0.717) is 23.1 Å². The fourth-order valence-electron chi connectivity index (χ4n) is 2.83. The molecule has 8 heteroatoms. The molecule has 0 fully saturated rings. The number of benzene rings is 2. The Hall–Kier alpha value is -3.68. The molecule has 8 nitrogen and oxygen atoms in total. The predicted octanol–water partition coefficient (Wildman–Crippen LogP) is 1.33. The molecule has 4 N–H and O–H groups in total. The molecule has 0 bridgehead atoms. The number of amides is 1. The van der Waals surface area contributed by atoms with Gasteiger partial charge < -0.3 is 20.3 Å². The highest BCUT2D eigenvalue weighted by Gasteiger charge is 2.08. The van der Waals surface area contributed by atoms with Crippen molar-refractivity contribution in [2.45, 2.75) is 13.5 Å². The van der Waals surface area contributed by atoms with E-state index in [4.69, 9.17) is 0 Å². The topological polar surface area (TPSA) is 123 Å². The number of fused-ring (bicyclic) bond motifs is 2. The van der Waals surface area contributed by atoms with Crippen molar-refractivity contribution >= 4 is 28.0 Å². The number of aryl methyl sites for hydroxylation is 1. The Morgan fingerprint density at radius 1 is 0.962 bits per heavy atom. The van der Waals surface area contributed by atoms with Crippen molar-refractivity contribution in [2.24, 2.45) is 0 Å². The van der Waals surface area contributed by atoms with Gasteiger partial charge in [-0.05, 0) is 42.8 Å². The maximum atomic E-state index is 12.4. The zero-order valence-electron chi connectivity index (χ0n) is 13.8. The van der Waals surface area contributed by atoms with Crippen LogP contribution in [0.15, 0.2) is 46.0 Å². The van der Waals surface area contributed by atoms with Gasteiger partial charge in [0, 0.05) is 12.1 Å². The molecule has 2 heterocycles. The summed E-state index contributed by atoms with van der Waals surface area (Å²) in [6, 6.07) is 10.5. The summed E-state index contributed by atoms with van der Waals surface area (Å²) in [7, 11) is 0. The van der Waals surface area contributed by atoms with Crippen LogP contribution in [0, 0.1) is 6.92 Å². The van der Waals surface area contributed by atoms with Gasteiger partial charge in [-0.15, -0.1) is 0 Å². The van der Waals surface area contributed by atoms with Gasteiger partial charge in [0.25, 0.3) is 5.91 Å². The van der Waals surface area contributed by atoms with Crippen LogP contribution in [0.5, 0.6) is 0 Å². The standard InChI is InChI=1S/C18H15N5O3/c1-9-20-12-4-2-10(6-14(12)21-9)8-19-16(24)11-3-5-13-15(7-11)23-18(26)17(25)22-13/h2-7H,8H2,1H3,(H,19,24)(H,20,21)(H,22,25)(H,23,26). The number of aromatic amines is 3. The van der Waals surface area contributed by atoms with Crippen molar-refractivity contribution in [1.82, 2.24) is 25.3 Å². The third kappa shape index (κ3) is 2.88. The first-order valence-corrected chi connectivity index (χ1v) is 7.99. The predicted molar refractivity (Wildman–Crippen MR) is 97.2 cm³/mol. The normalized spacial score (nSPS) is 11.1. The second-order valence-corrected chi connectivity index (χ2v) is 6.03. The van der Waals surface area contributed by atoms with E-state index in [0.717, 1.165) is 22.4 Å². The second kappa shape index (κ2) is 5.99. The number of imidazole rings is 1. The van der Waals surface area contributed by atoms with E-state index < -0.39 is 11.1 Å². The average Bonchev–Trinajstić information content (AvgIpc) is 2.99. The van der Waals surface area contributed by atoms with Crippen LogP contribution in [-0.2, 0) is 6.54 Å². The number of hydrogen-bond donors (Lipinski definition) is 4. The quantitative estimate of drug-likeness (QED) is 0.417. The number of hydrogen-bond acceptors (Lipinski definition) is 4. The molecular weight excluding hydrogens is 334 g/mol. The molecule has 1 amide bonds. The smallest absolute Gasteiger partial charge is 0.314 e. The first-order valence-electron chi connectivity index (χ1n) is 7.99. The molecule has 0 radical (unpaired) electrons. The average molecular weight is 349 g/mol. The van der Waals surface area contributed by atoms with E-state index >= 15 is 0 Å². The molecule has 2 aromatic heterocycles. The Morgan fingerprint density at radius 2 is 1.73 bits per heavy atom. The Kier molecular flexibility index (Phi) is 3.65. The number of nitrogens with one attached hydrogen (secondary N) is 4. The summed E-state index contributed by atoms with van der Waals surface area (Å²) in [5.41, 5.74) is 2.51. The number of nitrogens with zero attached hydrogens (tertiary/aromatic N) is 1. The lowest BCUT2D eigenvalue weighted by atomic mass is 10.1. The monoisotopic (exact) mass is 349 g/mol. The molecule has 0 saturated carbocycles. The van der Waals surface area contributed by atoms with E-state index in [1.807, 2.05) is 25.1 Å². The Balaban J connectivity index is 1.55. The van der Waals surface area contributed by atoms with Crippen LogP contribution in [-0.4, -0.2) is 25.8 Å². The van der Waals surface area contributed by atoms with Crippen LogP contribution < -0.4 is 16.4 Å². The summed E-state index contributed by atoms with van der Waals surface area (Å²) in [6.07, 6.45) is 0. The van der Waals surface area contributed by atoms with Crippen molar-refractivity contribution in [1.29, 1.82) is 0 Å². The van der Waals surface area contributed by atoms with Gasteiger partial charge in [0.05, 0.1) is 22.1 Å². The summed E-state index contributed by atoms with van der Waals surface area (Å²) in [4.78, 5) is 47.6. The number of H-pyrrole nitrogens is 3. The van der Waals surface area contributed by atoms with Crippen molar-refractivity contribution in [3.05, 3.63) is 74.1 Å². The third-order valence-electron chi connectivity index (χ3n) is 4.10. The van der Waals surface area contributed by atoms with E-state index in [-0.39, 0.29) is 5.91 Å². The number of rotatable bonds is 3. The summed E-state index contributed by atoms with van der Waals surface area (Å²) < 4.78 is 0. The number of aromatic nitrogens is 4. The minimum atomic E-state index is -0.752. The van der Waals surface area contributed by atoms with Crippen LogP contribution in [0.25, 0.3) is 22.1 Å². The maximum Gasteiger partial charge on any atom is 0.314 e. The molecule has 26 heavy (non-hydrogen) atoms. The molecule has 2 aromatic carbocycles. The van der Waals surface area contributed by atoms with Gasteiger partial charge in [0.15, 0.2) is 0 Å². The first kappa shape index (κ1) is 15.8. The Bertz CT molecular complexity index is 1270. The molecule has 130 valence electrons. The van der Waals surface area contributed by atoms with Gasteiger partial charge in [-0.3, -0.25) is 14.4 Å². The van der Waals surface area contributed by atoms with Crippen LogP contribution >= 0.6 is 0 Å². The van der Waals surface area contributed by atoms with E-state index in [9.17, 15) is 14.4 Å². The second-order valence-electron chi connectivity index (χ2n) is 6.03. The molecular formula is C18H15N5O3. The van der Waals surface area contributed by atoms with Gasteiger partial charge in [-0.2, -0.15) is 0 Å². The van der Waals surface area contributed by atoms with Crippen LogP contribution in [0.2, 0.25) is 0 Å². The lowest BCUT2D eigenvalue weighted by Crippen LogP contribution is -2.29.